The summed E-state index contributed by atoms with van der Waals surface area (Å²) in [7, 11) is 1.60. The Bertz CT molecular complexity index is 496. The fourth-order valence-electron chi connectivity index (χ4n) is 2.52. The fourth-order valence-corrected chi connectivity index (χ4v) is 2.52. The van der Waals surface area contributed by atoms with Crippen molar-refractivity contribution >= 4 is 17.3 Å². The molecule has 1 aliphatic carbocycles. The average Bonchev–Trinajstić information content (AvgIpc) is 2.93. The lowest BCUT2D eigenvalue weighted by molar-refractivity contribution is -0.119. The van der Waals surface area contributed by atoms with Crippen molar-refractivity contribution in [1.29, 1.82) is 0 Å². The molecule has 0 spiro atoms. The third kappa shape index (κ3) is 1.52. The molecule has 1 aromatic rings. The van der Waals surface area contributed by atoms with E-state index in [1.165, 1.54) is 5.01 Å². The molecule has 0 radical (unpaired) electrons. The molecule has 1 atom stereocenters. The van der Waals surface area contributed by atoms with Crippen molar-refractivity contribution < 1.29 is 9.53 Å². The summed E-state index contributed by atoms with van der Waals surface area (Å²) in [4.78, 5) is 12.2. The molecule has 1 aliphatic heterocycles. The van der Waals surface area contributed by atoms with E-state index in [9.17, 15) is 4.79 Å². The number of ether oxygens (including phenoxy) is 1. The number of carbonyl (C=O) groups is 1. The van der Waals surface area contributed by atoms with Gasteiger partial charge in [-0.15, -0.1) is 0 Å². The first-order valence-corrected chi connectivity index (χ1v) is 5.85. The van der Waals surface area contributed by atoms with E-state index in [-0.39, 0.29) is 11.8 Å². The molecule has 1 unspecified atom stereocenters. The maximum Gasteiger partial charge on any atom is 0.256 e. The van der Waals surface area contributed by atoms with Gasteiger partial charge in [0.05, 0.1) is 18.7 Å². The molecule has 3 rings (SSSR count). The number of benzene rings is 1. The quantitative estimate of drug-likeness (QED) is 0.781. The Kier molecular flexibility index (Phi) is 2.35. The SMILES string of the molecule is COc1ccccc1N1N=C2CCCC2C1=O. The first kappa shape index (κ1) is 10.3. The zero-order valence-corrected chi connectivity index (χ0v) is 9.72. The number of amides is 1. The molecule has 1 aromatic carbocycles. The van der Waals surface area contributed by atoms with Crippen LogP contribution in [0.1, 0.15) is 19.3 Å². The monoisotopic (exact) mass is 230 g/mol. The molecule has 1 heterocycles. The van der Waals surface area contributed by atoms with Crippen LogP contribution in [0.3, 0.4) is 0 Å². The van der Waals surface area contributed by atoms with Gasteiger partial charge in [0.2, 0.25) is 0 Å². The van der Waals surface area contributed by atoms with Crippen molar-refractivity contribution in [3.8, 4) is 5.75 Å². The number of anilines is 1. The van der Waals surface area contributed by atoms with Crippen LogP contribution in [0.5, 0.6) is 5.75 Å². The van der Waals surface area contributed by atoms with E-state index in [1.54, 1.807) is 7.11 Å². The number of hydrazone groups is 1. The topological polar surface area (TPSA) is 41.9 Å². The highest BCUT2D eigenvalue weighted by atomic mass is 16.5. The van der Waals surface area contributed by atoms with Crippen molar-refractivity contribution in [2.45, 2.75) is 19.3 Å². The maximum atomic E-state index is 12.2. The van der Waals surface area contributed by atoms with Gasteiger partial charge in [0.25, 0.3) is 5.91 Å². The van der Waals surface area contributed by atoms with Crippen molar-refractivity contribution in [3.63, 3.8) is 0 Å². The second kappa shape index (κ2) is 3.87. The van der Waals surface area contributed by atoms with E-state index in [2.05, 4.69) is 5.10 Å². The first-order chi connectivity index (χ1) is 8.31. The van der Waals surface area contributed by atoms with Crippen LogP contribution >= 0.6 is 0 Å². The van der Waals surface area contributed by atoms with E-state index < -0.39 is 0 Å². The van der Waals surface area contributed by atoms with Crippen molar-refractivity contribution in [3.05, 3.63) is 24.3 Å². The summed E-state index contributed by atoms with van der Waals surface area (Å²) in [6.07, 6.45) is 2.96. The van der Waals surface area contributed by atoms with Crippen LogP contribution in [0.25, 0.3) is 0 Å². The third-order valence-corrected chi connectivity index (χ3v) is 3.38. The van der Waals surface area contributed by atoms with E-state index in [0.29, 0.717) is 5.75 Å². The predicted octanol–water partition coefficient (Wildman–Crippen LogP) is 2.20. The van der Waals surface area contributed by atoms with Crippen LogP contribution in [0.4, 0.5) is 5.69 Å². The molecule has 1 amide bonds. The Labute approximate surface area is 99.9 Å². The molecule has 2 aliphatic rings. The van der Waals surface area contributed by atoms with E-state index in [1.807, 2.05) is 24.3 Å². The Balaban J connectivity index is 2.00. The Morgan fingerprint density at radius 2 is 2.24 bits per heavy atom. The molecule has 0 bridgehead atoms. The van der Waals surface area contributed by atoms with Gasteiger partial charge >= 0.3 is 0 Å². The summed E-state index contributed by atoms with van der Waals surface area (Å²) in [6.45, 7) is 0. The molecule has 4 heteroatoms. The standard InChI is InChI=1S/C13H14N2O2/c1-17-12-8-3-2-7-11(12)15-13(16)9-5-4-6-10(9)14-15/h2-3,7-9H,4-6H2,1H3. The highest BCUT2D eigenvalue weighted by molar-refractivity contribution is 6.16. The highest BCUT2D eigenvalue weighted by Gasteiger charge is 2.39. The Morgan fingerprint density at radius 3 is 3.00 bits per heavy atom. The van der Waals surface area contributed by atoms with Gasteiger partial charge < -0.3 is 4.74 Å². The molecular formula is C13H14N2O2. The number of fused-ring (bicyclic) bond motifs is 1. The summed E-state index contributed by atoms with van der Waals surface area (Å²) in [5, 5.41) is 5.93. The maximum absolute atomic E-state index is 12.2. The second-order valence-electron chi connectivity index (χ2n) is 4.36. The van der Waals surface area contributed by atoms with Gasteiger partial charge in [-0.25, -0.2) is 0 Å². The van der Waals surface area contributed by atoms with Gasteiger partial charge in [0.1, 0.15) is 11.4 Å². The third-order valence-electron chi connectivity index (χ3n) is 3.38. The zero-order valence-electron chi connectivity index (χ0n) is 9.72. The molecular weight excluding hydrogens is 216 g/mol. The fraction of sp³-hybridized carbons (Fsp3) is 0.385. The molecule has 0 N–H and O–H groups in total. The van der Waals surface area contributed by atoms with Gasteiger partial charge in [-0.05, 0) is 31.4 Å². The lowest BCUT2D eigenvalue weighted by Gasteiger charge is -2.16. The van der Waals surface area contributed by atoms with Gasteiger partial charge in [0, 0.05) is 0 Å². The van der Waals surface area contributed by atoms with Crippen molar-refractivity contribution in [2.75, 3.05) is 12.1 Å². The summed E-state index contributed by atoms with van der Waals surface area (Å²) in [5.41, 5.74) is 1.77. The van der Waals surface area contributed by atoms with Gasteiger partial charge in [-0.1, -0.05) is 12.1 Å². The van der Waals surface area contributed by atoms with Crippen LogP contribution in [-0.2, 0) is 4.79 Å². The van der Waals surface area contributed by atoms with E-state index >= 15 is 0 Å². The van der Waals surface area contributed by atoms with Crippen LogP contribution in [0.15, 0.2) is 29.4 Å². The highest BCUT2D eigenvalue weighted by Crippen LogP contribution is 2.36. The first-order valence-electron chi connectivity index (χ1n) is 5.85. The van der Waals surface area contributed by atoms with Crippen molar-refractivity contribution in [1.82, 2.24) is 0 Å². The summed E-state index contributed by atoms with van der Waals surface area (Å²) < 4.78 is 5.27. The lowest BCUT2D eigenvalue weighted by Crippen LogP contribution is -2.26. The summed E-state index contributed by atoms with van der Waals surface area (Å²) in [5.74, 6) is 0.784. The smallest absolute Gasteiger partial charge is 0.256 e. The summed E-state index contributed by atoms with van der Waals surface area (Å²) in [6, 6.07) is 7.48. The van der Waals surface area contributed by atoms with Gasteiger partial charge in [0.15, 0.2) is 0 Å². The normalized spacial score (nSPS) is 22.6. The minimum absolute atomic E-state index is 0.0138. The number of para-hydroxylation sites is 2. The Hall–Kier alpha value is -1.84. The van der Waals surface area contributed by atoms with Crippen LogP contribution in [0.2, 0.25) is 0 Å². The number of carbonyl (C=O) groups excluding carboxylic acids is 1. The van der Waals surface area contributed by atoms with Gasteiger partial charge in [-0.2, -0.15) is 10.1 Å². The number of nitrogens with zero attached hydrogens (tertiary/aromatic N) is 2. The molecule has 1 saturated carbocycles. The number of rotatable bonds is 2. The van der Waals surface area contributed by atoms with Crippen LogP contribution in [-0.4, -0.2) is 18.7 Å². The number of hydrogen-bond donors (Lipinski definition) is 0. The van der Waals surface area contributed by atoms with Gasteiger partial charge in [-0.3, -0.25) is 4.79 Å². The minimum Gasteiger partial charge on any atom is -0.494 e. The molecule has 88 valence electrons. The largest absolute Gasteiger partial charge is 0.494 e. The van der Waals surface area contributed by atoms with E-state index in [0.717, 1.165) is 30.7 Å². The average molecular weight is 230 g/mol. The van der Waals surface area contributed by atoms with Crippen LogP contribution < -0.4 is 9.75 Å². The van der Waals surface area contributed by atoms with E-state index in [4.69, 9.17) is 4.74 Å². The molecule has 1 fully saturated rings. The zero-order chi connectivity index (χ0) is 11.8. The second-order valence-corrected chi connectivity index (χ2v) is 4.36. The summed E-state index contributed by atoms with van der Waals surface area (Å²) >= 11 is 0. The molecule has 0 saturated heterocycles. The number of hydrogen-bond acceptors (Lipinski definition) is 3. The molecule has 0 aromatic heterocycles. The van der Waals surface area contributed by atoms with Crippen molar-refractivity contribution in [2.24, 2.45) is 11.0 Å². The molecule has 4 nitrogen and oxygen atoms in total. The predicted molar refractivity (Wildman–Crippen MR) is 65.3 cm³/mol. The van der Waals surface area contributed by atoms with Crippen LogP contribution in [0, 0.1) is 5.92 Å². The number of methoxy groups -OCH3 is 1. The minimum atomic E-state index is 0.0138. The lowest BCUT2D eigenvalue weighted by atomic mass is 10.1. The Morgan fingerprint density at radius 1 is 1.41 bits per heavy atom. The molecule has 17 heavy (non-hydrogen) atoms.